The van der Waals surface area contributed by atoms with Gasteiger partial charge in [0, 0.05) is 6.04 Å². The van der Waals surface area contributed by atoms with Crippen LogP contribution in [0.4, 0.5) is 0 Å². The van der Waals surface area contributed by atoms with Gasteiger partial charge in [0.05, 0.1) is 0 Å². The first-order chi connectivity index (χ1) is 8.49. The summed E-state index contributed by atoms with van der Waals surface area (Å²) in [6.07, 6.45) is 3.64. The zero-order chi connectivity index (χ0) is 13.6. The van der Waals surface area contributed by atoms with Crippen molar-refractivity contribution in [3.8, 4) is 0 Å². The van der Waals surface area contributed by atoms with E-state index in [0.29, 0.717) is 6.04 Å². The second kappa shape index (κ2) is 6.94. The maximum absolute atomic E-state index is 3.64. The fraction of sp³-hybridized carbons (Fsp3) is 0.647. The molecule has 0 aliphatic carbocycles. The summed E-state index contributed by atoms with van der Waals surface area (Å²) in [7, 11) is 0. The quantitative estimate of drug-likeness (QED) is 0.759. The summed E-state index contributed by atoms with van der Waals surface area (Å²) < 4.78 is 0. The van der Waals surface area contributed by atoms with Crippen molar-refractivity contribution in [1.29, 1.82) is 0 Å². The SMILES string of the molecule is CCCNC(CCC)c1ccc(C(C)(C)C)cc1. The van der Waals surface area contributed by atoms with Gasteiger partial charge in [0.25, 0.3) is 0 Å². The van der Waals surface area contributed by atoms with Crippen LogP contribution in [0.25, 0.3) is 0 Å². The van der Waals surface area contributed by atoms with E-state index in [9.17, 15) is 0 Å². The molecule has 0 heterocycles. The first kappa shape index (κ1) is 15.2. The fourth-order valence-corrected chi connectivity index (χ4v) is 2.21. The van der Waals surface area contributed by atoms with E-state index in [0.717, 1.165) is 6.54 Å². The number of benzene rings is 1. The maximum Gasteiger partial charge on any atom is 0.0320 e. The maximum atomic E-state index is 3.64. The van der Waals surface area contributed by atoms with Crippen LogP contribution in [0.1, 0.15) is 71.0 Å². The third kappa shape index (κ3) is 4.45. The molecule has 1 nitrogen and oxygen atoms in total. The molecular formula is C17H29N. The monoisotopic (exact) mass is 247 g/mol. The van der Waals surface area contributed by atoms with E-state index in [1.165, 1.54) is 30.4 Å². The van der Waals surface area contributed by atoms with E-state index >= 15 is 0 Å². The molecule has 1 N–H and O–H groups in total. The van der Waals surface area contributed by atoms with Crippen molar-refractivity contribution >= 4 is 0 Å². The highest BCUT2D eigenvalue weighted by Gasteiger charge is 2.15. The molecule has 0 bridgehead atoms. The third-order valence-electron chi connectivity index (χ3n) is 3.40. The van der Waals surface area contributed by atoms with Crippen LogP contribution in [0.3, 0.4) is 0 Å². The summed E-state index contributed by atoms with van der Waals surface area (Å²) in [5.74, 6) is 0. The van der Waals surface area contributed by atoms with Gasteiger partial charge in [-0.05, 0) is 35.9 Å². The van der Waals surface area contributed by atoms with Crippen LogP contribution in [0.2, 0.25) is 0 Å². The minimum atomic E-state index is 0.246. The highest BCUT2D eigenvalue weighted by Crippen LogP contribution is 2.25. The normalized spacial score (nSPS) is 13.6. The zero-order valence-electron chi connectivity index (χ0n) is 12.7. The van der Waals surface area contributed by atoms with Crippen molar-refractivity contribution in [2.24, 2.45) is 0 Å². The Morgan fingerprint density at radius 2 is 1.61 bits per heavy atom. The zero-order valence-corrected chi connectivity index (χ0v) is 12.7. The van der Waals surface area contributed by atoms with Gasteiger partial charge in [0.15, 0.2) is 0 Å². The van der Waals surface area contributed by atoms with Gasteiger partial charge < -0.3 is 5.32 Å². The Bertz CT molecular complexity index is 332. The van der Waals surface area contributed by atoms with Gasteiger partial charge >= 0.3 is 0 Å². The summed E-state index contributed by atoms with van der Waals surface area (Å²) in [6.45, 7) is 12.4. The molecular weight excluding hydrogens is 218 g/mol. The van der Waals surface area contributed by atoms with E-state index in [1.54, 1.807) is 0 Å². The molecule has 1 heteroatoms. The Kier molecular flexibility index (Phi) is 5.87. The molecule has 0 aliphatic heterocycles. The van der Waals surface area contributed by atoms with Crippen LogP contribution in [-0.2, 0) is 5.41 Å². The lowest BCUT2D eigenvalue weighted by molar-refractivity contribution is 0.493. The van der Waals surface area contributed by atoms with Gasteiger partial charge in [0.1, 0.15) is 0 Å². The number of hydrogen-bond donors (Lipinski definition) is 1. The second-order valence-electron chi connectivity index (χ2n) is 6.17. The number of rotatable bonds is 6. The summed E-state index contributed by atoms with van der Waals surface area (Å²) >= 11 is 0. The smallest absolute Gasteiger partial charge is 0.0320 e. The molecule has 0 fully saturated rings. The molecule has 0 saturated heterocycles. The Hall–Kier alpha value is -0.820. The topological polar surface area (TPSA) is 12.0 Å². The standard InChI is InChI=1S/C17H29N/c1-6-8-16(18-13-7-2)14-9-11-15(12-10-14)17(3,4)5/h9-12,16,18H,6-8,13H2,1-5H3. The molecule has 0 radical (unpaired) electrons. The lowest BCUT2D eigenvalue weighted by Crippen LogP contribution is -2.22. The molecule has 1 rings (SSSR count). The van der Waals surface area contributed by atoms with Crippen LogP contribution < -0.4 is 5.32 Å². The van der Waals surface area contributed by atoms with Crippen LogP contribution in [0, 0.1) is 0 Å². The highest BCUT2D eigenvalue weighted by molar-refractivity contribution is 5.29. The number of hydrogen-bond acceptors (Lipinski definition) is 1. The van der Waals surface area contributed by atoms with Gasteiger partial charge in [-0.15, -0.1) is 0 Å². The Morgan fingerprint density at radius 1 is 1.00 bits per heavy atom. The Morgan fingerprint density at radius 3 is 2.06 bits per heavy atom. The molecule has 18 heavy (non-hydrogen) atoms. The van der Waals surface area contributed by atoms with Crippen LogP contribution >= 0.6 is 0 Å². The second-order valence-corrected chi connectivity index (χ2v) is 6.17. The molecule has 0 aromatic heterocycles. The van der Waals surface area contributed by atoms with E-state index < -0.39 is 0 Å². The average molecular weight is 247 g/mol. The Labute approximate surface area is 113 Å². The summed E-state index contributed by atoms with van der Waals surface area (Å²) in [5.41, 5.74) is 3.09. The largest absolute Gasteiger partial charge is 0.310 e. The van der Waals surface area contributed by atoms with Gasteiger partial charge in [-0.25, -0.2) is 0 Å². The van der Waals surface area contributed by atoms with E-state index in [-0.39, 0.29) is 5.41 Å². The first-order valence-electron chi connectivity index (χ1n) is 7.32. The van der Waals surface area contributed by atoms with Gasteiger partial charge in [-0.1, -0.05) is 65.3 Å². The van der Waals surface area contributed by atoms with Crippen molar-refractivity contribution in [1.82, 2.24) is 5.32 Å². The van der Waals surface area contributed by atoms with Gasteiger partial charge in [-0.2, -0.15) is 0 Å². The van der Waals surface area contributed by atoms with Crippen molar-refractivity contribution in [3.05, 3.63) is 35.4 Å². The van der Waals surface area contributed by atoms with Crippen LogP contribution in [-0.4, -0.2) is 6.54 Å². The third-order valence-corrected chi connectivity index (χ3v) is 3.40. The van der Waals surface area contributed by atoms with Crippen molar-refractivity contribution in [3.63, 3.8) is 0 Å². The predicted octanol–water partition coefficient (Wildman–Crippen LogP) is 4.82. The van der Waals surface area contributed by atoms with Gasteiger partial charge in [0.2, 0.25) is 0 Å². The van der Waals surface area contributed by atoms with E-state index in [2.05, 4.69) is 64.2 Å². The summed E-state index contributed by atoms with van der Waals surface area (Å²) in [6, 6.07) is 9.67. The molecule has 0 spiro atoms. The molecule has 1 atom stereocenters. The highest BCUT2D eigenvalue weighted by atomic mass is 14.9. The molecule has 102 valence electrons. The molecule has 0 saturated carbocycles. The van der Waals surface area contributed by atoms with E-state index in [1.807, 2.05) is 0 Å². The lowest BCUT2D eigenvalue weighted by atomic mass is 9.86. The van der Waals surface area contributed by atoms with Crippen LogP contribution in [0.15, 0.2) is 24.3 Å². The molecule has 1 aromatic rings. The van der Waals surface area contributed by atoms with Crippen molar-refractivity contribution < 1.29 is 0 Å². The Balaban J connectivity index is 2.79. The van der Waals surface area contributed by atoms with Crippen LogP contribution in [0.5, 0.6) is 0 Å². The lowest BCUT2D eigenvalue weighted by Gasteiger charge is -2.22. The molecule has 1 aromatic carbocycles. The minimum Gasteiger partial charge on any atom is -0.310 e. The average Bonchev–Trinajstić information content (AvgIpc) is 2.33. The molecule has 0 amide bonds. The summed E-state index contributed by atoms with van der Waals surface area (Å²) in [5, 5.41) is 3.64. The first-order valence-corrected chi connectivity index (χ1v) is 7.32. The minimum absolute atomic E-state index is 0.246. The molecule has 0 aliphatic rings. The predicted molar refractivity (Wildman–Crippen MR) is 81.1 cm³/mol. The van der Waals surface area contributed by atoms with Gasteiger partial charge in [-0.3, -0.25) is 0 Å². The number of nitrogens with one attached hydrogen (secondary N) is 1. The summed E-state index contributed by atoms with van der Waals surface area (Å²) in [4.78, 5) is 0. The van der Waals surface area contributed by atoms with E-state index in [4.69, 9.17) is 0 Å². The van der Waals surface area contributed by atoms with Crippen molar-refractivity contribution in [2.45, 2.75) is 65.3 Å². The van der Waals surface area contributed by atoms with Crippen molar-refractivity contribution in [2.75, 3.05) is 6.54 Å². The molecule has 1 unspecified atom stereocenters. The fourth-order valence-electron chi connectivity index (χ4n) is 2.21.